The molecule has 0 bridgehead atoms. The third-order valence-corrected chi connectivity index (χ3v) is 2.99. The van der Waals surface area contributed by atoms with E-state index in [9.17, 15) is 4.79 Å². The Kier molecular flexibility index (Phi) is 4.35. The van der Waals surface area contributed by atoms with Crippen LogP contribution in [0.25, 0.3) is 0 Å². The number of rotatable bonds is 4. The molecule has 0 saturated heterocycles. The summed E-state index contributed by atoms with van der Waals surface area (Å²) in [7, 11) is 0. The zero-order valence-electron chi connectivity index (χ0n) is 10.2. The molecule has 16 heavy (non-hydrogen) atoms. The van der Waals surface area contributed by atoms with Gasteiger partial charge in [-0.25, -0.2) is 4.98 Å². The zero-order chi connectivity index (χ0) is 12.3. The van der Waals surface area contributed by atoms with Gasteiger partial charge in [0, 0.05) is 22.3 Å². The van der Waals surface area contributed by atoms with Crippen molar-refractivity contribution in [2.75, 3.05) is 5.73 Å². The SMILES string of the molecule is CC(C)Sc1cnc(C(=O)C(C)C)c(N)c1. The number of carbonyl (C=O) groups is 1. The molecule has 88 valence electrons. The van der Waals surface area contributed by atoms with Crippen LogP contribution in [-0.4, -0.2) is 16.0 Å². The standard InChI is InChI=1S/C12H18N2OS/c1-7(2)12(15)11-10(13)5-9(6-14-11)16-8(3)4/h5-8H,13H2,1-4H3. The summed E-state index contributed by atoms with van der Waals surface area (Å²) in [6.07, 6.45) is 1.72. The van der Waals surface area contributed by atoms with Crippen molar-refractivity contribution >= 4 is 23.2 Å². The molecule has 0 saturated carbocycles. The number of thioether (sulfide) groups is 1. The van der Waals surface area contributed by atoms with Crippen LogP contribution in [-0.2, 0) is 0 Å². The van der Waals surface area contributed by atoms with E-state index in [1.165, 1.54) is 0 Å². The fourth-order valence-corrected chi connectivity index (χ4v) is 2.13. The highest BCUT2D eigenvalue weighted by Gasteiger charge is 2.15. The largest absolute Gasteiger partial charge is 0.397 e. The maximum absolute atomic E-state index is 11.7. The predicted octanol–water partition coefficient (Wildman–Crippen LogP) is 3.00. The first-order valence-corrected chi connectivity index (χ1v) is 6.26. The van der Waals surface area contributed by atoms with E-state index >= 15 is 0 Å². The Bertz CT molecular complexity index is 389. The average molecular weight is 238 g/mol. The topological polar surface area (TPSA) is 56.0 Å². The van der Waals surface area contributed by atoms with Crippen LogP contribution in [0.5, 0.6) is 0 Å². The lowest BCUT2D eigenvalue weighted by Gasteiger charge is -2.09. The van der Waals surface area contributed by atoms with Gasteiger partial charge in [-0.15, -0.1) is 11.8 Å². The molecule has 4 heteroatoms. The molecule has 0 atom stereocenters. The Morgan fingerprint density at radius 1 is 1.38 bits per heavy atom. The van der Waals surface area contributed by atoms with Crippen molar-refractivity contribution in [3.63, 3.8) is 0 Å². The first-order valence-electron chi connectivity index (χ1n) is 5.38. The molecule has 2 N–H and O–H groups in total. The van der Waals surface area contributed by atoms with Gasteiger partial charge in [0.25, 0.3) is 0 Å². The van der Waals surface area contributed by atoms with E-state index in [1.807, 2.05) is 19.9 Å². The molecule has 0 unspecified atom stereocenters. The predicted molar refractivity (Wildman–Crippen MR) is 68.8 cm³/mol. The number of aromatic nitrogens is 1. The van der Waals surface area contributed by atoms with Gasteiger partial charge in [-0.05, 0) is 6.07 Å². The van der Waals surface area contributed by atoms with E-state index < -0.39 is 0 Å². The van der Waals surface area contributed by atoms with E-state index in [2.05, 4.69) is 18.8 Å². The van der Waals surface area contributed by atoms with Crippen LogP contribution in [0, 0.1) is 5.92 Å². The summed E-state index contributed by atoms with van der Waals surface area (Å²) in [5.41, 5.74) is 6.71. The summed E-state index contributed by atoms with van der Waals surface area (Å²) < 4.78 is 0. The zero-order valence-corrected chi connectivity index (χ0v) is 11.0. The quantitative estimate of drug-likeness (QED) is 0.647. The molecule has 0 spiro atoms. The van der Waals surface area contributed by atoms with E-state index in [0.717, 1.165) is 4.90 Å². The minimum absolute atomic E-state index is 0.00130. The van der Waals surface area contributed by atoms with Gasteiger partial charge in [0.2, 0.25) is 0 Å². The molecule has 3 nitrogen and oxygen atoms in total. The summed E-state index contributed by atoms with van der Waals surface area (Å²) in [5.74, 6) is -0.0722. The highest BCUT2D eigenvalue weighted by atomic mass is 32.2. The van der Waals surface area contributed by atoms with Crippen molar-refractivity contribution in [1.29, 1.82) is 0 Å². The number of nitrogen functional groups attached to an aromatic ring is 1. The molecule has 0 aliphatic carbocycles. The van der Waals surface area contributed by atoms with Crippen molar-refractivity contribution in [3.8, 4) is 0 Å². The maximum atomic E-state index is 11.7. The van der Waals surface area contributed by atoms with Crippen LogP contribution in [0.2, 0.25) is 0 Å². The molecule has 1 rings (SSSR count). The van der Waals surface area contributed by atoms with Gasteiger partial charge in [-0.3, -0.25) is 4.79 Å². The monoisotopic (exact) mass is 238 g/mol. The number of anilines is 1. The van der Waals surface area contributed by atoms with E-state index in [-0.39, 0.29) is 11.7 Å². The van der Waals surface area contributed by atoms with Crippen molar-refractivity contribution in [1.82, 2.24) is 4.98 Å². The number of hydrogen-bond acceptors (Lipinski definition) is 4. The van der Waals surface area contributed by atoms with Crippen LogP contribution >= 0.6 is 11.8 Å². The average Bonchev–Trinajstić information content (AvgIpc) is 2.15. The lowest BCUT2D eigenvalue weighted by Crippen LogP contribution is -2.12. The molecule has 0 aromatic carbocycles. The summed E-state index contributed by atoms with van der Waals surface area (Å²) in [5, 5.41) is 0.479. The smallest absolute Gasteiger partial charge is 0.185 e. The summed E-state index contributed by atoms with van der Waals surface area (Å²) in [6.45, 7) is 7.91. The van der Waals surface area contributed by atoms with Gasteiger partial charge in [-0.2, -0.15) is 0 Å². The second-order valence-electron chi connectivity index (χ2n) is 4.29. The maximum Gasteiger partial charge on any atom is 0.185 e. The second-order valence-corrected chi connectivity index (χ2v) is 5.94. The summed E-state index contributed by atoms with van der Waals surface area (Å²) >= 11 is 1.69. The number of ketones is 1. The molecule has 1 heterocycles. The number of hydrogen-bond donors (Lipinski definition) is 1. The second kappa shape index (κ2) is 5.34. The number of Topliss-reactive ketones (excluding diaryl/α,β-unsaturated/α-hetero) is 1. The molecule has 0 radical (unpaired) electrons. The highest BCUT2D eigenvalue weighted by molar-refractivity contribution is 7.99. The van der Waals surface area contributed by atoms with Crippen molar-refractivity contribution < 1.29 is 4.79 Å². The number of nitrogens with two attached hydrogens (primary N) is 1. The van der Waals surface area contributed by atoms with Gasteiger partial charge in [0.15, 0.2) is 5.78 Å². The van der Waals surface area contributed by atoms with Crippen molar-refractivity contribution in [2.24, 2.45) is 5.92 Å². The fraction of sp³-hybridized carbons (Fsp3) is 0.500. The lowest BCUT2D eigenvalue weighted by molar-refractivity contribution is 0.0935. The molecule has 0 aliphatic heterocycles. The molecule has 0 aliphatic rings. The van der Waals surface area contributed by atoms with Gasteiger partial charge in [0.1, 0.15) is 5.69 Å². The Morgan fingerprint density at radius 3 is 2.44 bits per heavy atom. The number of nitrogens with zero attached hydrogens (tertiary/aromatic N) is 1. The van der Waals surface area contributed by atoms with Crippen LogP contribution < -0.4 is 5.73 Å². The third kappa shape index (κ3) is 3.23. The molecular weight excluding hydrogens is 220 g/mol. The van der Waals surface area contributed by atoms with Gasteiger partial charge in [0.05, 0.1) is 5.69 Å². The van der Waals surface area contributed by atoms with Crippen molar-refractivity contribution in [3.05, 3.63) is 18.0 Å². The summed E-state index contributed by atoms with van der Waals surface area (Å²) in [6, 6.07) is 1.83. The molecule has 1 aromatic rings. The van der Waals surface area contributed by atoms with E-state index in [4.69, 9.17) is 5.73 Å². The lowest BCUT2D eigenvalue weighted by atomic mass is 10.0. The Hall–Kier alpha value is -1.03. The van der Waals surface area contributed by atoms with Crippen LogP contribution in [0.4, 0.5) is 5.69 Å². The van der Waals surface area contributed by atoms with Crippen molar-refractivity contribution in [2.45, 2.75) is 37.8 Å². The first-order chi connectivity index (χ1) is 7.41. The summed E-state index contributed by atoms with van der Waals surface area (Å²) in [4.78, 5) is 16.9. The van der Waals surface area contributed by atoms with Gasteiger partial charge < -0.3 is 5.73 Å². The van der Waals surface area contributed by atoms with Gasteiger partial charge in [-0.1, -0.05) is 27.7 Å². The molecule has 0 amide bonds. The van der Waals surface area contributed by atoms with Gasteiger partial charge >= 0.3 is 0 Å². The molecular formula is C12H18N2OS. The Labute approximate surface area is 101 Å². The fourth-order valence-electron chi connectivity index (χ4n) is 1.28. The minimum Gasteiger partial charge on any atom is -0.397 e. The minimum atomic E-state index is -0.0709. The third-order valence-electron chi connectivity index (χ3n) is 2.02. The Balaban J connectivity index is 2.96. The van der Waals surface area contributed by atoms with Crippen LogP contribution in [0.15, 0.2) is 17.2 Å². The normalized spacial score (nSPS) is 11.1. The molecule has 0 fully saturated rings. The number of carbonyl (C=O) groups excluding carboxylic acids is 1. The molecule has 1 aromatic heterocycles. The van der Waals surface area contributed by atoms with E-state index in [0.29, 0.717) is 16.6 Å². The highest BCUT2D eigenvalue weighted by Crippen LogP contribution is 2.25. The van der Waals surface area contributed by atoms with Crippen LogP contribution in [0.3, 0.4) is 0 Å². The van der Waals surface area contributed by atoms with Crippen LogP contribution in [0.1, 0.15) is 38.2 Å². The number of pyridine rings is 1. The first kappa shape index (κ1) is 13.0. The van der Waals surface area contributed by atoms with E-state index in [1.54, 1.807) is 18.0 Å². The Morgan fingerprint density at radius 2 is 2.00 bits per heavy atom.